The van der Waals surface area contributed by atoms with Crippen LogP contribution >= 0.6 is 11.6 Å². The molecule has 0 spiro atoms. The van der Waals surface area contributed by atoms with Gasteiger partial charge in [0, 0.05) is 23.1 Å². The van der Waals surface area contributed by atoms with Crippen LogP contribution < -0.4 is 4.90 Å². The first-order valence-corrected chi connectivity index (χ1v) is 12.3. The molecule has 1 N–H and O–H groups in total. The van der Waals surface area contributed by atoms with E-state index in [9.17, 15) is 5.11 Å². The number of aliphatic hydroxyl groups excluding tert-OH is 1. The molecule has 5 heteroatoms. The van der Waals surface area contributed by atoms with Gasteiger partial charge in [-0.1, -0.05) is 48.0 Å². The van der Waals surface area contributed by atoms with Crippen LogP contribution in [0.1, 0.15) is 43.7 Å². The second-order valence-corrected chi connectivity index (χ2v) is 10.4. The summed E-state index contributed by atoms with van der Waals surface area (Å²) in [7, 11) is 2.07. The number of halogens is 1. The molecule has 182 valence electrons. The summed E-state index contributed by atoms with van der Waals surface area (Å²) in [5.41, 5.74) is 6.70. The van der Waals surface area contributed by atoms with E-state index in [0.717, 1.165) is 44.5 Å². The standard InChI is InChI=1S/C30H33ClN2O2/c1-20-17-26-25(16-15-23(32-26)18-33(5)24-9-7-6-8-10-24)29(21-11-13-22(31)14-12-21)28(20)27(19-34)35-30(2,3)4/h6-17,27,34H,18-19H2,1-5H3. The van der Waals surface area contributed by atoms with Gasteiger partial charge in [-0.15, -0.1) is 0 Å². The van der Waals surface area contributed by atoms with E-state index in [1.54, 1.807) is 0 Å². The molecule has 0 saturated carbocycles. The number of nitrogens with zero attached hydrogens (tertiary/aromatic N) is 2. The third kappa shape index (κ3) is 5.84. The van der Waals surface area contributed by atoms with Crippen molar-refractivity contribution >= 4 is 28.2 Å². The Morgan fingerprint density at radius 3 is 2.31 bits per heavy atom. The predicted molar refractivity (Wildman–Crippen MR) is 146 cm³/mol. The SMILES string of the molecule is Cc1cc2nc(CN(C)c3ccccc3)ccc2c(-c2ccc(Cl)cc2)c1C(CO)OC(C)(C)C. The van der Waals surface area contributed by atoms with Crippen molar-refractivity contribution in [2.75, 3.05) is 18.6 Å². The zero-order valence-electron chi connectivity index (χ0n) is 21.0. The van der Waals surface area contributed by atoms with Gasteiger partial charge in [0.1, 0.15) is 6.10 Å². The van der Waals surface area contributed by atoms with Crippen molar-refractivity contribution in [3.05, 3.63) is 94.6 Å². The number of hydrogen-bond acceptors (Lipinski definition) is 4. The van der Waals surface area contributed by atoms with E-state index < -0.39 is 11.7 Å². The summed E-state index contributed by atoms with van der Waals surface area (Å²) in [6, 6.07) is 24.4. The smallest absolute Gasteiger partial charge is 0.107 e. The summed E-state index contributed by atoms with van der Waals surface area (Å²) in [4.78, 5) is 7.22. The molecule has 4 rings (SSSR count). The van der Waals surface area contributed by atoms with E-state index in [-0.39, 0.29) is 6.61 Å². The molecule has 0 aliphatic carbocycles. The minimum absolute atomic E-state index is 0.114. The highest BCUT2D eigenvalue weighted by Gasteiger charge is 2.26. The molecule has 3 aromatic carbocycles. The average molecular weight is 489 g/mol. The highest BCUT2D eigenvalue weighted by Crippen LogP contribution is 2.40. The van der Waals surface area contributed by atoms with Gasteiger partial charge in [-0.25, -0.2) is 0 Å². The zero-order valence-corrected chi connectivity index (χ0v) is 21.8. The van der Waals surface area contributed by atoms with Gasteiger partial charge in [0.15, 0.2) is 0 Å². The summed E-state index contributed by atoms with van der Waals surface area (Å²) in [6.07, 6.45) is -0.464. The molecular weight excluding hydrogens is 456 g/mol. The van der Waals surface area contributed by atoms with E-state index in [4.69, 9.17) is 21.3 Å². The van der Waals surface area contributed by atoms with E-state index >= 15 is 0 Å². The fraction of sp³-hybridized carbons (Fsp3) is 0.300. The lowest BCUT2D eigenvalue weighted by molar-refractivity contribution is -0.0821. The van der Waals surface area contributed by atoms with Gasteiger partial charge in [-0.3, -0.25) is 4.98 Å². The predicted octanol–water partition coefficient (Wildman–Crippen LogP) is 7.35. The Morgan fingerprint density at radius 2 is 1.69 bits per heavy atom. The Balaban J connectivity index is 1.85. The van der Waals surface area contributed by atoms with E-state index in [0.29, 0.717) is 11.6 Å². The van der Waals surface area contributed by atoms with Gasteiger partial charge in [-0.2, -0.15) is 0 Å². The van der Waals surface area contributed by atoms with Gasteiger partial charge in [0.05, 0.1) is 30.0 Å². The lowest BCUT2D eigenvalue weighted by Crippen LogP contribution is -2.25. The van der Waals surface area contributed by atoms with Crippen LogP contribution in [0.4, 0.5) is 5.69 Å². The number of aryl methyl sites for hydroxylation is 1. The molecule has 0 radical (unpaired) electrons. The summed E-state index contributed by atoms with van der Waals surface area (Å²) < 4.78 is 6.31. The Labute approximate surface area is 213 Å². The molecular formula is C30H33ClN2O2. The number of fused-ring (bicyclic) bond motifs is 1. The van der Waals surface area contributed by atoms with Crippen LogP contribution in [0, 0.1) is 6.92 Å². The third-order valence-electron chi connectivity index (χ3n) is 6.01. The molecule has 1 heterocycles. The van der Waals surface area contributed by atoms with Crippen LogP contribution in [0.3, 0.4) is 0 Å². The molecule has 0 aliphatic heterocycles. The molecule has 4 aromatic rings. The quantitative estimate of drug-likeness (QED) is 0.295. The largest absolute Gasteiger partial charge is 0.393 e. The number of para-hydroxylation sites is 1. The van der Waals surface area contributed by atoms with Crippen molar-refractivity contribution in [3.63, 3.8) is 0 Å². The normalized spacial score (nSPS) is 12.7. The van der Waals surface area contributed by atoms with Gasteiger partial charge in [0.25, 0.3) is 0 Å². The molecule has 35 heavy (non-hydrogen) atoms. The van der Waals surface area contributed by atoms with Gasteiger partial charge in [0.2, 0.25) is 0 Å². The molecule has 1 unspecified atom stereocenters. The molecule has 0 fully saturated rings. The number of rotatable bonds is 7. The molecule has 1 aromatic heterocycles. The highest BCUT2D eigenvalue weighted by molar-refractivity contribution is 6.30. The number of aromatic nitrogens is 1. The van der Waals surface area contributed by atoms with Crippen LogP contribution in [0.2, 0.25) is 5.02 Å². The fourth-order valence-electron chi connectivity index (χ4n) is 4.53. The van der Waals surface area contributed by atoms with E-state index in [1.807, 2.05) is 63.2 Å². The zero-order chi connectivity index (χ0) is 25.2. The number of anilines is 1. The Morgan fingerprint density at radius 1 is 1.00 bits per heavy atom. The Bertz CT molecular complexity index is 1300. The molecule has 4 nitrogen and oxygen atoms in total. The van der Waals surface area contributed by atoms with Crippen molar-refractivity contribution in [1.29, 1.82) is 0 Å². The fourth-order valence-corrected chi connectivity index (χ4v) is 4.65. The van der Waals surface area contributed by atoms with Crippen LogP contribution in [0.5, 0.6) is 0 Å². The van der Waals surface area contributed by atoms with Crippen LogP contribution in [-0.4, -0.2) is 29.3 Å². The Kier molecular flexibility index (Phi) is 7.46. The van der Waals surface area contributed by atoms with Gasteiger partial charge < -0.3 is 14.7 Å². The molecule has 0 aliphatic rings. The van der Waals surface area contributed by atoms with E-state index in [2.05, 4.69) is 49.2 Å². The second kappa shape index (κ2) is 10.4. The van der Waals surface area contributed by atoms with Crippen molar-refractivity contribution in [1.82, 2.24) is 4.98 Å². The van der Waals surface area contributed by atoms with Crippen molar-refractivity contribution in [2.45, 2.75) is 45.9 Å². The van der Waals surface area contributed by atoms with Crippen molar-refractivity contribution < 1.29 is 9.84 Å². The first kappa shape index (κ1) is 25.2. The highest BCUT2D eigenvalue weighted by atomic mass is 35.5. The maximum Gasteiger partial charge on any atom is 0.107 e. The first-order valence-electron chi connectivity index (χ1n) is 11.9. The molecule has 0 bridgehead atoms. The minimum atomic E-state index is -0.464. The average Bonchev–Trinajstić information content (AvgIpc) is 2.82. The third-order valence-corrected chi connectivity index (χ3v) is 6.26. The summed E-state index contributed by atoms with van der Waals surface area (Å²) >= 11 is 6.20. The topological polar surface area (TPSA) is 45.6 Å². The number of ether oxygens (including phenoxy) is 1. The number of aliphatic hydroxyl groups is 1. The second-order valence-electron chi connectivity index (χ2n) is 9.95. The minimum Gasteiger partial charge on any atom is -0.393 e. The maximum atomic E-state index is 10.3. The number of hydrogen-bond donors (Lipinski definition) is 1. The van der Waals surface area contributed by atoms with Crippen molar-refractivity contribution in [2.24, 2.45) is 0 Å². The summed E-state index contributed by atoms with van der Waals surface area (Å²) in [6.45, 7) is 8.66. The lowest BCUT2D eigenvalue weighted by Gasteiger charge is -2.30. The van der Waals surface area contributed by atoms with Crippen LogP contribution in [0.15, 0.2) is 72.8 Å². The maximum absolute atomic E-state index is 10.3. The van der Waals surface area contributed by atoms with E-state index in [1.165, 1.54) is 0 Å². The summed E-state index contributed by atoms with van der Waals surface area (Å²) in [5.74, 6) is 0. The molecule has 0 saturated heterocycles. The Hall–Kier alpha value is -2.92. The molecule has 0 amide bonds. The number of pyridine rings is 1. The monoisotopic (exact) mass is 488 g/mol. The first-order chi connectivity index (χ1) is 16.7. The van der Waals surface area contributed by atoms with Gasteiger partial charge in [-0.05, 0) is 86.3 Å². The van der Waals surface area contributed by atoms with Gasteiger partial charge >= 0.3 is 0 Å². The molecule has 1 atom stereocenters. The lowest BCUT2D eigenvalue weighted by atomic mass is 9.88. The van der Waals surface area contributed by atoms with Crippen LogP contribution in [0.25, 0.3) is 22.0 Å². The van der Waals surface area contributed by atoms with Crippen LogP contribution in [-0.2, 0) is 11.3 Å². The number of benzene rings is 3. The van der Waals surface area contributed by atoms with Crippen molar-refractivity contribution in [3.8, 4) is 11.1 Å². The summed E-state index contributed by atoms with van der Waals surface area (Å²) in [5, 5.41) is 12.0.